The minimum absolute atomic E-state index is 0.313. The van der Waals surface area contributed by atoms with Gasteiger partial charge in [-0.25, -0.2) is 4.98 Å². The predicted molar refractivity (Wildman–Crippen MR) is 104 cm³/mol. The van der Waals surface area contributed by atoms with Gasteiger partial charge in [0.1, 0.15) is 12.3 Å². The number of halogens is 3. The van der Waals surface area contributed by atoms with Crippen molar-refractivity contribution in [1.29, 1.82) is 0 Å². The van der Waals surface area contributed by atoms with Crippen LogP contribution < -0.4 is 9.64 Å². The number of hydrogen-bond acceptors (Lipinski definition) is 3. The van der Waals surface area contributed by atoms with Gasteiger partial charge in [0.15, 0.2) is 0 Å². The summed E-state index contributed by atoms with van der Waals surface area (Å²) < 4.78 is 45.1. The molecule has 0 saturated carbocycles. The lowest BCUT2D eigenvalue weighted by atomic mass is 10.0. The molecule has 0 amide bonds. The molecule has 0 bridgehead atoms. The first kappa shape index (κ1) is 19.7. The van der Waals surface area contributed by atoms with E-state index in [0.717, 1.165) is 5.56 Å². The monoisotopic (exact) mass is 386 g/mol. The first-order valence-electron chi connectivity index (χ1n) is 8.95. The standard InChI is InChI=1S/C22H21F3N2O/c1-16(2)17-6-8-18(9-7-17)27(15-22(23,24)25)19-10-12-20(13-11-19)28-21-5-3-4-14-26-21/h3-14,16H,15H2,1-2H3. The lowest BCUT2D eigenvalue weighted by molar-refractivity contribution is -0.118. The van der Waals surface area contributed by atoms with Crippen LogP contribution >= 0.6 is 0 Å². The molecule has 28 heavy (non-hydrogen) atoms. The SMILES string of the molecule is CC(C)c1ccc(N(CC(F)(F)F)c2ccc(Oc3ccccn3)cc2)cc1. The average Bonchev–Trinajstić information content (AvgIpc) is 2.67. The van der Waals surface area contributed by atoms with Crippen molar-refractivity contribution in [2.24, 2.45) is 0 Å². The van der Waals surface area contributed by atoms with E-state index in [1.807, 2.05) is 26.0 Å². The van der Waals surface area contributed by atoms with E-state index in [1.165, 1.54) is 4.90 Å². The van der Waals surface area contributed by atoms with E-state index in [-0.39, 0.29) is 0 Å². The summed E-state index contributed by atoms with van der Waals surface area (Å²) in [5.74, 6) is 1.24. The van der Waals surface area contributed by atoms with Crippen molar-refractivity contribution < 1.29 is 17.9 Å². The summed E-state index contributed by atoms with van der Waals surface area (Å²) in [7, 11) is 0. The minimum atomic E-state index is -4.33. The van der Waals surface area contributed by atoms with Crippen molar-refractivity contribution in [3.63, 3.8) is 0 Å². The van der Waals surface area contributed by atoms with Crippen molar-refractivity contribution in [3.8, 4) is 11.6 Å². The van der Waals surface area contributed by atoms with Gasteiger partial charge < -0.3 is 9.64 Å². The number of rotatable bonds is 6. The summed E-state index contributed by atoms with van der Waals surface area (Å²) in [6.45, 7) is 3.01. The highest BCUT2D eigenvalue weighted by atomic mass is 19.4. The van der Waals surface area contributed by atoms with Crippen LogP contribution in [0.5, 0.6) is 11.6 Å². The number of benzene rings is 2. The lowest BCUT2D eigenvalue weighted by Crippen LogP contribution is -2.30. The van der Waals surface area contributed by atoms with Gasteiger partial charge in [-0.3, -0.25) is 0 Å². The summed E-state index contributed by atoms with van der Waals surface area (Å²) in [6.07, 6.45) is -2.73. The molecule has 0 aliphatic carbocycles. The van der Waals surface area contributed by atoms with Gasteiger partial charge in [-0.15, -0.1) is 0 Å². The summed E-state index contributed by atoms with van der Waals surface area (Å²) in [5, 5.41) is 0. The van der Waals surface area contributed by atoms with Crippen molar-refractivity contribution in [1.82, 2.24) is 4.98 Å². The van der Waals surface area contributed by atoms with Gasteiger partial charge in [0.05, 0.1) is 0 Å². The molecule has 3 aromatic rings. The molecular formula is C22H21F3N2O. The fourth-order valence-electron chi connectivity index (χ4n) is 2.77. The highest BCUT2D eigenvalue weighted by Crippen LogP contribution is 2.32. The zero-order valence-corrected chi connectivity index (χ0v) is 15.6. The second-order valence-electron chi connectivity index (χ2n) is 6.71. The molecule has 0 radical (unpaired) electrons. The predicted octanol–water partition coefficient (Wildman–Crippen LogP) is 6.70. The van der Waals surface area contributed by atoms with E-state index < -0.39 is 12.7 Å². The van der Waals surface area contributed by atoms with Gasteiger partial charge >= 0.3 is 6.18 Å². The Morgan fingerprint density at radius 2 is 1.50 bits per heavy atom. The quantitative estimate of drug-likeness (QED) is 0.471. The first-order valence-corrected chi connectivity index (χ1v) is 8.95. The molecule has 3 rings (SSSR count). The normalized spacial score (nSPS) is 11.5. The van der Waals surface area contributed by atoms with E-state index in [4.69, 9.17) is 4.74 Å². The van der Waals surface area contributed by atoms with Crippen LogP contribution in [0.25, 0.3) is 0 Å². The van der Waals surface area contributed by atoms with Crippen LogP contribution in [0, 0.1) is 0 Å². The third-order valence-corrected chi connectivity index (χ3v) is 4.22. The third-order valence-electron chi connectivity index (χ3n) is 4.22. The summed E-state index contributed by atoms with van der Waals surface area (Å²) in [4.78, 5) is 5.31. The molecule has 0 unspecified atom stereocenters. The molecule has 6 heteroatoms. The fraction of sp³-hybridized carbons (Fsp3) is 0.227. The summed E-state index contributed by atoms with van der Waals surface area (Å²) in [5.41, 5.74) is 2.00. The van der Waals surface area contributed by atoms with Crippen LogP contribution in [-0.4, -0.2) is 17.7 Å². The average molecular weight is 386 g/mol. The number of pyridine rings is 1. The van der Waals surface area contributed by atoms with Crippen LogP contribution in [0.1, 0.15) is 25.3 Å². The molecule has 1 aromatic heterocycles. The number of alkyl halides is 3. The van der Waals surface area contributed by atoms with Gasteiger partial charge in [0.25, 0.3) is 0 Å². The van der Waals surface area contributed by atoms with Gasteiger partial charge in [0, 0.05) is 23.6 Å². The second-order valence-corrected chi connectivity index (χ2v) is 6.71. The number of ether oxygens (including phenoxy) is 1. The molecule has 0 aliphatic heterocycles. The Balaban J connectivity index is 1.85. The van der Waals surface area contributed by atoms with Gasteiger partial charge in [0.2, 0.25) is 5.88 Å². The minimum Gasteiger partial charge on any atom is -0.439 e. The van der Waals surface area contributed by atoms with E-state index >= 15 is 0 Å². The molecule has 146 valence electrons. The smallest absolute Gasteiger partial charge is 0.406 e. The largest absolute Gasteiger partial charge is 0.439 e. The van der Waals surface area contributed by atoms with Crippen molar-refractivity contribution >= 4 is 11.4 Å². The maximum absolute atomic E-state index is 13.2. The Hall–Kier alpha value is -3.02. The number of aromatic nitrogens is 1. The zero-order chi connectivity index (χ0) is 20.1. The Morgan fingerprint density at radius 1 is 0.893 bits per heavy atom. The highest BCUT2D eigenvalue weighted by Gasteiger charge is 2.31. The molecule has 0 saturated heterocycles. The first-order chi connectivity index (χ1) is 13.3. The highest BCUT2D eigenvalue weighted by molar-refractivity contribution is 5.64. The lowest BCUT2D eigenvalue weighted by Gasteiger charge is -2.26. The maximum atomic E-state index is 13.2. The Kier molecular flexibility index (Phi) is 5.87. The molecule has 1 heterocycles. The van der Waals surface area contributed by atoms with E-state index in [2.05, 4.69) is 4.98 Å². The van der Waals surface area contributed by atoms with E-state index in [1.54, 1.807) is 60.8 Å². The van der Waals surface area contributed by atoms with E-state index in [9.17, 15) is 13.2 Å². The Bertz CT molecular complexity index is 876. The molecule has 0 aliphatic rings. The van der Waals surface area contributed by atoms with Crippen molar-refractivity contribution in [2.75, 3.05) is 11.4 Å². The Labute approximate surface area is 162 Å². The van der Waals surface area contributed by atoms with Crippen LogP contribution in [0.2, 0.25) is 0 Å². The van der Waals surface area contributed by atoms with E-state index in [0.29, 0.717) is 28.9 Å². The molecule has 0 N–H and O–H groups in total. The molecule has 2 aromatic carbocycles. The zero-order valence-electron chi connectivity index (χ0n) is 15.6. The van der Waals surface area contributed by atoms with Gasteiger partial charge in [-0.2, -0.15) is 13.2 Å². The van der Waals surface area contributed by atoms with Crippen molar-refractivity contribution in [2.45, 2.75) is 25.9 Å². The van der Waals surface area contributed by atoms with Gasteiger partial charge in [-0.1, -0.05) is 32.0 Å². The van der Waals surface area contributed by atoms with Crippen LogP contribution in [-0.2, 0) is 0 Å². The number of anilines is 2. The molecule has 3 nitrogen and oxygen atoms in total. The Morgan fingerprint density at radius 3 is 2.00 bits per heavy atom. The fourth-order valence-corrected chi connectivity index (χ4v) is 2.77. The second kappa shape index (κ2) is 8.33. The maximum Gasteiger partial charge on any atom is 0.406 e. The third kappa shape index (κ3) is 5.25. The van der Waals surface area contributed by atoms with Crippen LogP contribution in [0.3, 0.4) is 0 Å². The summed E-state index contributed by atoms with van der Waals surface area (Å²) >= 11 is 0. The molecular weight excluding hydrogens is 365 g/mol. The van der Waals surface area contributed by atoms with Crippen LogP contribution in [0.4, 0.5) is 24.5 Å². The van der Waals surface area contributed by atoms with Crippen molar-refractivity contribution in [3.05, 3.63) is 78.5 Å². The molecule has 0 spiro atoms. The van der Waals surface area contributed by atoms with Gasteiger partial charge in [-0.05, 0) is 53.9 Å². The number of hydrogen-bond donors (Lipinski definition) is 0. The van der Waals surface area contributed by atoms with Crippen LogP contribution in [0.15, 0.2) is 72.9 Å². The number of nitrogens with zero attached hydrogens (tertiary/aromatic N) is 2. The summed E-state index contributed by atoms with van der Waals surface area (Å²) in [6, 6.07) is 18.9. The topological polar surface area (TPSA) is 25.4 Å². The molecule has 0 fully saturated rings. The molecule has 0 atom stereocenters.